The van der Waals surface area contributed by atoms with E-state index in [0.717, 1.165) is 0 Å². The van der Waals surface area contributed by atoms with Gasteiger partial charge in [0.2, 0.25) is 0 Å². The largest absolute Gasteiger partial charge is 0.508 e. The first-order valence-electron chi connectivity index (χ1n) is 8.31. The standard InChI is InChI=1S/C21H19NO5/c23-18-10-3-1-6-14(18)12-22(13-15-7-2-4-11-19(15)24)17-9-5-8-16(20(17)25)21(26)27/h1-11,23-25H,12-13H2,(H,26,27). The number of para-hydroxylation sites is 3. The maximum atomic E-state index is 11.4. The Labute approximate surface area is 156 Å². The molecule has 6 nitrogen and oxygen atoms in total. The maximum Gasteiger partial charge on any atom is 0.339 e. The summed E-state index contributed by atoms with van der Waals surface area (Å²) in [4.78, 5) is 13.1. The van der Waals surface area contributed by atoms with Crippen molar-refractivity contribution in [2.24, 2.45) is 0 Å². The Balaban J connectivity index is 2.05. The molecule has 0 amide bonds. The molecule has 0 aliphatic carbocycles. The Morgan fingerprint density at radius 1 is 0.741 bits per heavy atom. The van der Waals surface area contributed by atoms with Crippen LogP contribution in [0.1, 0.15) is 21.5 Å². The van der Waals surface area contributed by atoms with Gasteiger partial charge in [0.15, 0.2) is 5.75 Å². The number of phenolic OH excluding ortho intramolecular Hbond substituents is 2. The summed E-state index contributed by atoms with van der Waals surface area (Å²) in [7, 11) is 0. The van der Waals surface area contributed by atoms with Gasteiger partial charge >= 0.3 is 5.97 Å². The van der Waals surface area contributed by atoms with Gasteiger partial charge in [-0.2, -0.15) is 0 Å². The smallest absolute Gasteiger partial charge is 0.339 e. The summed E-state index contributed by atoms with van der Waals surface area (Å²) >= 11 is 0. The van der Waals surface area contributed by atoms with Crippen LogP contribution in [-0.4, -0.2) is 26.4 Å². The van der Waals surface area contributed by atoms with Crippen LogP contribution in [0, 0.1) is 0 Å². The molecule has 0 aromatic heterocycles. The molecule has 0 saturated heterocycles. The predicted molar refractivity (Wildman–Crippen MR) is 101 cm³/mol. The number of phenols is 3. The summed E-state index contributed by atoms with van der Waals surface area (Å²) in [5.74, 6) is -1.42. The number of nitrogens with zero attached hydrogens (tertiary/aromatic N) is 1. The van der Waals surface area contributed by atoms with E-state index in [0.29, 0.717) is 16.8 Å². The molecule has 3 aromatic carbocycles. The number of hydrogen-bond acceptors (Lipinski definition) is 5. The number of hydrogen-bond donors (Lipinski definition) is 4. The zero-order chi connectivity index (χ0) is 19.4. The Morgan fingerprint density at radius 2 is 1.26 bits per heavy atom. The van der Waals surface area contributed by atoms with Gasteiger partial charge in [-0.15, -0.1) is 0 Å². The van der Waals surface area contributed by atoms with Gasteiger partial charge in [0, 0.05) is 24.2 Å². The second-order valence-corrected chi connectivity index (χ2v) is 6.09. The van der Waals surface area contributed by atoms with Crippen molar-refractivity contribution in [2.75, 3.05) is 4.90 Å². The third kappa shape index (κ3) is 3.95. The van der Waals surface area contributed by atoms with E-state index in [-0.39, 0.29) is 35.9 Å². The SMILES string of the molecule is O=C(O)c1cccc(N(Cc2ccccc2O)Cc2ccccc2O)c1O. The first-order valence-corrected chi connectivity index (χ1v) is 8.31. The van der Waals surface area contributed by atoms with Gasteiger partial charge in [-0.1, -0.05) is 42.5 Å². The van der Waals surface area contributed by atoms with Crippen LogP contribution in [0.2, 0.25) is 0 Å². The number of carboxylic acid groups (broad SMARTS) is 1. The van der Waals surface area contributed by atoms with Crippen molar-refractivity contribution in [3.63, 3.8) is 0 Å². The van der Waals surface area contributed by atoms with Crippen LogP contribution >= 0.6 is 0 Å². The van der Waals surface area contributed by atoms with Gasteiger partial charge in [0.25, 0.3) is 0 Å². The van der Waals surface area contributed by atoms with Crippen LogP contribution in [0.4, 0.5) is 5.69 Å². The van der Waals surface area contributed by atoms with Crippen LogP contribution in [0.15, 0.2) is 66.7 Å². The lowest BCUT2D eigenvalue weighted by Gasteiger charge is -2.27. The Hall–Kier alpha value is -3.67. The lowest BCUT2D eigenvalue weighted by atomic mass is 10.1. The Kier molecular flexibility index (Phi) is 5.17. The van der Waals surface area contributed by atoms with E-state index in [1.807, 2.05) is 0 Å². The summed E-state index contributed by atoms with van der Waals surface area (Å²) < 4.78 is 0. The number of aromatic hydroxyl groups is 3. The van der Waals surface area contributed by atoms with Crippen molar-refractivity contribution in [3.05, 3.63) is 83.4 Å². The molecule has 0 aliphatic rings. The molecule has 0 heterocycles. The average molecular weight is 365 g/mol. The molecule has 3 aromatic rings. The second-order valence-electron chi connectivity index (χ2n) is 6.09. The van der Waals surface area contributed by atoms with Crippen molar-refractivity contribution in [2.45, 2.75) is 13.1 Å². The molecule has 0 unspecified atom stereocenters. The van der Waals surface area contributed by atoms with Gasteiger partial charge in [-0.25, -0.2) is 4.79 Å². The average Bonchev–Trinajstić information content (AvgIpc) is 2.64. The first-order chi connectivity index (χ1) is 13.0. The third-order valence-electron chi connectivity index (χ3n) is 4.29. The molecule has 4 N–H and O–H groups in total. The van der Waals surface area contributed by atoms with Gasteiger partial charge in [-0.05, 0) is 24.3 Å². The predicted octanol–water partition coefficient (Wildman–Crippen LogP) is 3.71. The van der Waals surface area contributed by atoms with Crippen molar-refractivity contribution in [1.29, 1.82) is 0 Å². The van der Waals surface area contributed by atoms with E-state index in [2.05, 4.69) is 0 Å². The summed E-state index contributed by atoms with van der Waals surface area (Å²) in [6.45, 7) is 0.412. The van der Waals surface area contributed by atoms with E-state index in [4.69, 9.17) is 0 Å². The summed E-state index contributed by atoms with van der Waals surface area (Å²) in [5.41, 5.74) is 1.29. The third-order valence-corrected chi connectivity index (χ3v) is 4.29. The van der Waals surface area contributed by atoms with Crippen LogP contribution in [0.25, 0.3) is 0 Å². The Bertz CT molecular complexity index is 923. The summed E-state index contributed by atoms with van der Waals surface area (Å²) in [5, 5.41) is 40.0. The van der Waals surface area contributed by atoms with E-state index in [1.54, 1.807) is 65.6 Å². The van der Waals surface area contributed by atoms with Crippen LogP contribution in [0.5, 0.6) is 17.2 Å². The zero-order valence-corrected chi connectivity index (χ0v) is 14.4. The molecule has 0 aliphatic heterocycles. The highest BCUT2D eigenvalue weighted by Gasteiger charge is 2.20. The molecule has 0 saturated carbocycles. The quantitative estimate of drug-likeness (QED) is 0.531. The van der Waals surface area contributed by atoms with Gasteiger partial charge < -0.3 is 25.3 Å². The van der Waals surface area contributed by atoms with E-state index in [9.17, 15) is 25.2 Å². The van der Waals surface area contributed by atoms with E-state index in [1.165, 1.54) is 6.07 Å². The maximum absolute atomic E-state index is 11.4. The van der Waals surface area contributed by atoms with Crippen LogP contribution < -0.4 is 4.90 Å². The first kappa shape index (κ1) is 18.1. The highest BCUT2D eigenvalue weighted by Crippen LogP contribution is 2.35. The minimum atomic E-state index is -1.24. The molecule has 0 radical (unpaired) electrons. The molecule has 27 heavy (non-hydrogen) atoms. The zero-order valence-electron chi connectivity index (χ0n) is 14.4. The van der Waals surface area contributed by atoms with Crippen molar-refractivity contribution < 1.29 is 25.2 Å². The fraction of sp³-hybridized carbons (Fsp3) is 0.0952. The number of benzene rings is 3. The molecular weight excluding hydrogens is 346 g/mol. The monoisotopic (exact) mass is 365 g/mol. The number of rotatable bonds is 6. The van der Waals surface area contributed by atoms with Crippen LogP contribution in [-0.2, 0) is 13.1 Å². The molecule has 0 fully saturated rings. The molecule has 3 rings (SSSR count). The minimum Gasteiger partial charge on any atom is -0.508 e. The highest BCUT2D eigenvalue weighted by atomic mass is 16.4. The summed E-state index contributed by atoms with van der Waals surface area (Å²) in [6, 6.07) is 18.0. The topological polar surface area (TPSA) is 101 Å². The molecule has 0 bridgehead atoms. The lowest BCUT2D eigenvalue weighted by Crippen LogP contribution is -2.23. The fourth-order valence-electron chi connectivity index (χ4n) is 2.89. The normalized spacial score (nSPS) is 10.5. The van der Waals surface area contributed by atoms with Gasteiger partial charge in [-0.3, -0.25) is 0 Å². The molecule has 0 spiro atoms. The number of carbonyl (C=O) groups is 1. The lowest BCUT2D eigenvalue weighted by molar-refractivity contribution is 0.0693. The molecule has 138 valence electrons. The van der Waals surface area contributed by atoms with Crippen molar-refractivity contribution >= 4 is 11.7 Å². The van der Waals surface area contributed by atoms with Gasteiger partial charge in [0.1, 0.15) is 17.1 Å². The second kappa shape index (κ2) is 7.70. The van der Waals surface area contributed by atoms with Crippen molar-refractivity contribution in [3.8, 4) is 17.2 Å². The fourth-order valence-corrected chi connectivity index (χ4v) is 2.89. The molecular formula is C21H19NO5. The molecule has 6 heteroatoms. The number of anilines is 1. The van der Waals surface area contributed by atoms with E-state index < -0.39 is 5.97 Å². The minimum absolute atomic E-state index is 0.0914. The summed E-state index contributed by atoms with van der Waals surface area (Å²) in [6.07, 6.45) is 0. The van der Waals surface area contributed by atoms with Crippen molar-refractivity contribution in [1.82, 2.24) is 0 Å². The Morgan fingerprint density at radius 3 is 1.74 bits per heavy atom. The highest BCUT2D eigenvalue weighted by molar-refractivity contribution is 5.93. The molecule has 0 atom stereocenters. The number of aromatic carboxylic acids is 1. The van der Waals surface area contributed by atoms with Crippen LogP contribution in [0.3, 0.4) is 0 Å². The van der Waals surface area contributed by atoms with E-state index >= 15 is 0 Å². The number of carboxylic acids is 1. The van der Waals surface area contributed by atoms with Gasteiger partial charge in [0.05, 0.1) is 5.69 Å².